The van der Waals surface area contributed by atoms with Crippen molar-refractivity contribution in [2.75, 3.05) is 0 Å². The van der Waals surface area contributed by atoms with Crippen molar-refractivity contribution < 1.29 is 17.1 Å². The molecule has 0 aliphatic carbocycles. The maximum absolute atomic E-state index is 9.68. The van der Waals surface area contributed by atoms with Crippen LogP contribution in [0.4, 0.5) is 0 Å². The van der Waals surface area contributed by atoms with Gasteiger partial charge in [0.2, 0.25) is 0 Å². The van der Waals surface area contributed by atoms with Gasteiger partial charge in [-0.2, -0.15) is 0 Å². The molecule has 0 unspecified atom stereocenters. The quantitative estimate of drug-likeness (QED) is 0.162. The van der Waals surface area contributed by atoms with Crippen molar-refractivity contribution in [3.63, 3.8) is 0 Å². The van der Waals surface area contributed by atoms with Crippen LogP contribution in [0, 0.1) is 0 Å². The smallest absolute Gasteiger partial charge is 0.199 e. The first kappa shape index (κ1) is 27.7. The molecule has 0 amide bonds. The molecule has 3 aromatic heterocycles. The third kappa shape index (κ3) is 6.12. The molecule has 0 bridgehead atoms. The predicted octanol–water partition coefficient (Wildman–Crippen LogP) is 14.2. The molecule has 0 saturated carbocycles. The molecule has 0 radical (unpaired) electrons. The summed E-state index contributed by atoms with van der Waals surface area (Å²) in [4.78, 5) is 14.5. The molecule has 8 aromatic carbocycles. The molecule has 3 heterocycles. The van der Waals surface area contributed by atoms with Gasteiger partial charge in [0.05, 0.1) is 8.22 Å². The van der Waals surface area contributed by atoms with Crippen LogP contribution in [0.1, 0.15) is 8.22 Å². The van der Waals surface area contributed by atoms with Gasteiger partial charge in [-0.15, -0.1) is 0 Å². The monoisotopic (exact) mass is 749 g/mol. The van der Waals surface area contributed by atoms with Crippen LogP contribution in [-0.2, 0) is 0 Å². The molecule has 0 aliphatic rings. The van der Waals surface area contributed by atoms with E-state index >= 15 is 0 Å². The van der Waals surface area contributed by atoms with Crippen LogP contribution in [0.25, 0.3) is 112 Å². The maximum Gasteiger partial charge on any atom is 0.199 e. The summed E-state index contributed by atoms with van der Waals surface area (Å²) < 4.78 is 68.8. The number of nitrogens with zero attached hydrogens (tertiary/aromatic N) is 3. The molecular weight excluding hydrogens is 711 g/mol. The lowest BCUT2D eigenvalue weighted by molar-refractivity contribution is 0.625. The van der Waals surface area contributed by atoms with Crippen LogP contribution in [0.2, 0.25) is 0 Å². The Labute approximate surface area is 343 Å². The van der Waals surface area contributed by atoms with E-state index in [1.165, 1.54) is 0 Å². The highest BCUT2D eigenvalue weighted by Gasteiger charge is 2.19. The van der Waals surface area contributed by atoms with E-state index in [4.69, 9.17) is 26.5 Å². The van der Waals surface area contributed by atoms with Crippen LogP contribution >= 0.6 is 0 Å². The van der Waals surface area contributed by atoms with E-state index in [0.717, 1.165) is 38.8 Å². The maximum atomic E-state index is 9.68. The fraction of sp³-hybridized carbons (Fsp3) is 0. The zero-order valence-corrected chi connectivity index (χ0v) is 30.7. The molecule has 0 aliphatic heterocycles. The van der Waals surface area contributed by atoms with E-state index < -0.39 is 0 Å². The Bertz CT molecular complexity index is 3520. The summed E-state index contributed by atoms with van der Waals surface area (Å²) in [6.45, 7) is 0. The van der Waals surface area contributed by atoms with Gasteiger partial charge in [0, 0.05) is 27.3 Å². The summed E-state index contributed by atoms with van der Waals surface area (Å²) in [6, 6.07) is 50.7. The molecule has 272 valence electrons. The number of hydrogen-bond acceptors (Lipinski definition) is 5. The number of fused-ring (bicyclic) bond motifs is 4. The van der Waals surface area contributed by atoms with Crippen molar-refractivity contribution in [2.24, 2.45) is 0 Å². The third-order valence-electron chi connectivity index (χ3n) is 10.3. The Balaban J connectivity index is 1.15. The van der Waals surface area contributed by atoms with E-state index in [2.05, 4.69) is 6.07 Å². The number of aromatic nitrogens is 3. The van der Waals surface area contributed by atoms with Crippen molar-refractivity contribution in [1.82, 2.24) is 15.0 Å². The van der Waals surface area contributed by atoms with Gasteiger partial charge < -0.3 is 8.83 Å². The van der Waals surface area contributed by atoms with Crippen LogP contribution in [0.15, 0.2) is 209 Å². The largest absolute Gasteiger partial charge is 0.456 e. The molecule has 0 fully saturated rings. The Kier molecular flexibility index (Phi) is 6.67. The molecule has 0 spiro atoms. The lowest BCUT2D eigenvalue weighted by atomic mass is 9.91. The standard InChI is InChI=1S/C53H33N3O2/c1-4-13-34(14-5-1)37-23-25-38(26-24-37)51-54-52(56-53(55-51)49-32-39-19-10-11-21-46(39)57-49)40-27-28-45-48(33-40)58-47-22-12-20-44(50(45)47)43-30-41(35-15-6-2-7-16-35)29-42(31-43)36-17-8-3-9-18-36/h1-33H/i12D,20D,22D,27D,28D,33D. The van der Waals surface area contributed by atoms with Gasteiger partial charge in [0.15, 0.2) is 23.2 Å². The summed E-state index contributed by atoms with van der Waals surface area (Å²) in [5.74, 6) is 0.730. The molecule has 0 atom stereocenters. The van der Waals surface area contributed by atoms with Crippen LogP contribution in [-0.4, -0.2) is 15.0 Å². The van der Waals surface area contributed by atoms with Gasteiger partial charge >= 0.3 is 0 Å². The predicted molar refractivity (Wildman–Crippen MR) is 235 cm³/mol. The van der Waals surface area contributed by atoms with Crippen molar-refractivity contribution in [3.05, 3.63) is 200 Å². The molecule has 0 saturated heterocycles. The van der Waals surface area contributed by atoms with Gasteiger partial charge in [-0.1, -0.05) is 152 Å². The van der Waals surface area contributed by atoms with Crippen molar-refractivity contribution >= 4 is 32.9 Å². The second kappa shape index (κ2) is 14.0. The molecule has 5 heteroatoms. The van der Waals surface area contributed by atoms with Gasteiger partial charge in [-0.3, -0.25) is 0 Å². The first-order valence-electron chi connectivity index (χ1n) is 21.8. The Morgan fingerprint density at radius 2 is 0.931 bits per heavy atom. The highest BCUT2D eigenvalue weighted by molar-refractivity contribution is 6.13. The lowest BCUT2D eigenvalue weighted by Gasteiger charge is -2.12. The normalized spacial score (nSPS) is 12.9. The van der Waals surface area contributed by atoms with Crippen LogP contribution in [0.5, 0.6) is 0 Å². The fourth-order valence-corrected chi connectivity index (χ4v) is 7.40. The van der Waals surface area contributed by atoms with E-state index in [-0.39, 0.29) is 86.8 Å². The Morgan fingerprint density at radius 3 is 1.60 bits per heavy atom. The number of para-hydroxylation sites is 1. The minimum atomic E-state index is -0.367. The Morgan fingerprint density at radius 1 is 0.379 bits per heavy atom. The number of benzene rings is 8. The average Bonchev–Trinajstić information content (AvgIpc) is 3.97. The highest BCUT2D eigenvalue weighted by atomic mass is 16.3. The number of hydrogen-bond donors (Lipinski definition) is 0. The average molecular weight is 750 g/mol. The van der Waals surface area contributed by atoms with Gasteiger partial charge in [0.1, 0.15) is 16.7 Å². The molecule has 0 N–H and O–H groups in total. The van der Waals surface area contributed by atoms with E-state index in [9.17, 15) is 5.48 Å². The van der Waals surface area contributed by atoms with Crippen LogP contribution < -0.4 is 0 Å². The minimum Gasteiger partial charge on any atom is -0.456 e. The summed E-state index contributed by atoms with van der Waals surface area (Å²) in [6.07, 6.45) is 0. The van der Waals surface area contributed by atoms with Gasteiger partial charge in [0.25, 0.3) is 0 Å². The van der Waals surface area contributed by atoms with Crippen molar-refractivity contribution in [2.45, 2.75) is 0 Å². The Hall–Kier alpha value is -7.89. The highest BCUT2D eigenvalue weighted by Crippen LogP contribution is 2.41. The van der Waals surface area contributed by atoms with Gasteiger partial charge in [-0.25, -0.2) is 15.0 Å². The molecular formula is C53H33N3O2. The number of rotatable bonds is 7. The van der Waals surface area contributed by atoms with E-state index in [0.29, 0.717) is 22.5 Å². The van der Waals surface area contributed by atoms with E-state index in [1.807, 2.05) is 158 Å². The molecule has 11 aromatic rings. The molecule has 11 rings (SSSR count). The molecule has 5 nitrogen and oxygen atoms in total. The van der Waals surface area contributed by atoms with Crippen molar-refractivity contribution in [1.29, 1.82) is 0 Å². The van der Waals surface area contributed by atoms with Crippen molar-refractivity contribution in [3.8, 4) is 78.9 Å². The topological polar surface area (TPSA) is 65.0 Å². The van der Waals surface area contributed by atoms with E-state index in [1.54, 1.807) is 0 Å². The molecule has 58 heavy (non-hydrogen) atoms. The zero-order valence-electron chi connectivity index (χ0n) is 36.7. The lowest BCUT2D eigenvalue weighted by Crippen LogP contribution is -1.99. The summed E-state index contributed by atoms with van der Waals surface area (Å²) in [5, 5.41) is 1.13. The second-order valence-electron chi connectivity index (χ2n) is 13.9. The fourth-order valence-electron chi connectivity index (χ4n) is 7.40. The third-order valence-corrected chi connectivity index (χ3v) is 10.3. The first-order chi connectivity index (χ1) is 31.2. The summed E-state index contributed by atoms with van der Waals surface area (Å²) in [7, 11) is 0. The zero-order chi connectivity index (χ0) is 43.6. The summed E-state index contributed by atoms with van der Waals surface area (Å²) in [5.41, 5.74) is 7.48. The SMILES string of the molecule is [2H]c1c([2H])c(-c2cc(-c3ccccc3)cc(-c3ccccc3)c2)c2c(oc3c([2H])c(-c4nc(-c5ccc(-c6ccccc6)cc5)nc(-c5cc6ccccc6o5)n4)c([2H])c([2H])c32)c1[2H]. The first-order valence-corrected chi connectivity index (χ1v) is 18.8. The minimum absolute atomic E-state index is 0.0461. The van der Waals surface area contributed by atoms with Crippen LogP contribution in [0.3, 0.4) is 0 Å². The van der Waals surface area contributed by atoms with Gasteiger partial charge in [-0.05, 0) is 93.0 Å². The summed E-state index contributed by atoms with van der Waals surface area (Å²) >= 11 is 0. The number of furan rings is 2. The second-order valence-corrected chi connectivity index (χ2v) is 13.9.